The fraction of sp³-hybridized carbons (Fsp3) is 1.00. The van der Waals surface area contributed by atoms with Crippen LogP contribution in [0.25, 0.3) is 0 Å². The molecule has 3 nitrogen and oxygen atoms in total. The van der Waals surface area contributed by atoms with Crippen molar-refractivity contribution in [3.63, 3.8) is 0 Å². The zero-order valence-electron chi connectivity index (χ0n) is 11.2. The van der Waals surface area contributed by atoms with Gasteiger partial charge in [-0.05, 0) is 26.6 Å². The quantitative estimate of drug-likeness (QED) is 0.581. The van der Waals surface area contributed by atoms with Gasteiger partial charge < -0.3 is 15.1 Å². The molecule has 0 aliphatic carbocycles. The Labute approximate surface area is 95.8 Å². The third-order valence-corrected chi connectivity index (χ3v) is 2.41. The average molecular weight is 215 g/mol. The summed E-state index contributed by atoms with van der Waals surface area (Å²) < 4.78 is 0. The first-order valence-electron chi connectivity index (χ1n) is 6.14. The summed E-state index contributed by atoms with van der Waals surface area (Å²) in [6, 6.07) is 0. The van der Waals surface area contributed by atoms with E-state index < -0.39 is 0 Å². The molecule has 0 saturated heterocycles. The predicted octanol–water partition coefficient (Wildman–Crippen LogP) is 1.12. The van der Waals surface area contributed by atoms with E-state index in [2.05, 4.69) is 50.0 Å². The molecule has 15 heavy (non-hydrogen) atoms. The molecule has 3 heteroatoms. The van der Waals surface area contributed by atoms with E-state index in [4.69, 9.17) is 0 Å². The minimum atomic E-state index is 0.770. The third-order valence-electron chi connectivity index (χ3n) is 2.41. The maximum absolute atomic E-state index is 3.47. The van der Waals surface area contributed by atoms with E-state index in [9.17, 15) is 0 Å². The maximum Gasteiger partial charge on any atom is 0.0107 e. The normalized spacial score (nSPS) is 12.0. The number of rotatable bonds is 9. The monoisotopic (exact) mass is 215 g/mol. The summed E-state index contributed by atoms with van der Waals surface area (Å²) in [5.41, 5.74) is 0. The first-order valence-corrected chi connectivity index (χ1v) is 6.14. The minimum absolute atomic E-state index is 0.770. The van der Waals surface area contributed by atoms with Crippen LogP contribution in [0.15, 0.2) is 0 Å². The highest BCUT2D eigenvalue weighted by molar-refractivity contribution is 4.60. The lowest BCUT2D eigenvalue weighted by Gasteiger charge is -2.22. The molecular weight excluding hydrogens is 186 g/mol. The van der Waals surface area contributed by atoms with E-state index in [0.717, 1.165) is 32.1 Å². The summed E-state index contributed by atoms with van der Waals surface area (Å²) in [5, 5.41) is 3.47. The molecule has 0 aromatic rings. The van der Waals surface area contributed by atoms with Crippen LogP contribution in [0.1, 0.15) is 20.8 Å². The Kier molecular flexibility index (Phi) is 9.06. The molecule has 0 aromatic heterocycles. The number of likely N-dealkylation sites (N-methyl/N-ethyl adjacent to an activating group) is 2. The Morgan fingerprint density at radius 3 is 2.13 bits per heavy atom. The largest absolute Gasteiger partial charge is 0.314 e. The van der Waals surface area contributed by atoms with Gasteiger partial charge in [-0.15, -0.1) is 0 Å². The van der Waals surface area contributed by atoms with Gasteiger partial charge in [-0.25, -0.2) is 0 Å². The second-order valence-corrected chi connectivity index (χ2v) is 4.84. The smallest absolute Gasteiger partial charge is 0.0107 e. The minimum Gasteiger partial charge on any atom is -0.314 e. The standard InChI is InChI=1S/C12H29N3/c1-6-15(11-12(2)3)10-8-13-7-9-14(4)5/h12-13H,6-11H2,1-5H3. The summed E-state index contributed by atoms with van der Waals surface area (Å²) in [7, 11) is 4.22. The number of hydrogen-bond acceptors (Lipinski definition) is 3. The van der Waals surface area contributed by atoms with Crippen LogP contribution in [-0.2, 0) is 0 Å². The molecule has 1 N–H and O–H groups in total. The topological polar surface area (TPSA) is 18.5 Å². The van der Waals surface area contributed by atoms with Crippen molar-refractivity contribution in [1.29, 1.82) is 0 Å². The molecule has 0 unspecified atom stereocenters. The molecule has 0 spiro atoms. The lowest BCUT2D eigenvalue weighted by Crippen LogP contribution is -2.36. The van der Waals surface area contributed by atoms with Crippen LogP contribution in [0.5, 0.6) is 0 Å². The first-order chi connectivity index (χ1) is 7.06. The van der Waals surface area contributed by atoms with Gasteiger partial charge in [0.2, 0.25) is 0 Å². The third kappa shape index (κ3) is 10.2. The zero-order valence-corrected chi connectivity index (χ0v) is 11.2. The molecule has 0 aliphatic heterocycles. The molecule has 92 valence electrons. The highest BCUT2D eigenvalue weighted by atomic mass is 15.1. The summed E-state index contributed by atoms with van der Waals surface area (Å²) in [6.45, 7) is 13.7. The Morgan fingerprint density at radius 2 is 1.67 bits per heavy atom. The van der Waals surface area contributed by atoms with Crippen molar-refractivity contribution in [1.82, 2.24) is 15.1 Å². The van der Waals surface area contributed by atoms with Crippen LogP contribution in [0.3, 0.4) is 0 Å². The van der Waals surface area contributed by atoms with Crippen molar-refractivity contribution in [2.45, 2.75) is 20.8 Å². The SMILES string of the molecule is CCN(CCNCCN(C)C)CC(C)C. The van der Waals surface area contributed by atoms with Crippen molar-refractivity contribution in [3.8, 4) is 0 Å². The fourth-order valence-corrected chi connectivity index (χ4v) is 1.56. The Morgan fingerprint density at radius 1 is 1.07 bits per heavy atom. The molecule has 0 saturated carbocycles. The van der Waals surface area contributed by atoms with Gasteiger partial charge in [0.1, 0.15) is 0 Å². The van der Waals surface area contributed by atoms with Gasteiger partial charge in [-0.1, -0.05) is 20.8 Å². The van der Waals surface area contributed by atoms with Gasteiger partial charge >= 0.3 is 0 Å². The van der Waals surface area contributed by atoms with Crippen LogP contribution < -0.4 is 5.32 Å². The molecule has 0 aliphatic rings. The Balaban J connectivity index is 3.38. The summed E-state index contributed by atoms with van der Waals surface area (Å²) in [6.07, 6.45) is 0. The molecule has 0 atom stereocenters. The van der Waals surface area contributed by atoms with E-state index in [1.54, 1.807) is 0 Å². The van der Waals surface area contributed by atoms with Crippen molar-refractivity contribution >= 4 is 0 Å². The molecular formula is C12H29N3. The molecule has 0 heterocycles. The zero-order chi connectivity index (χ0) is 11.7. The van der Waals surface area contributed by atoms with Crippen LogP contribution >= 0.6 is 0 Å². The van der Waals surface area contributed by atoms with Gasteiger partial charge in [0.15, 0.2) is 0 Å². The number of nitrogens with zero attached hydrogens (tertiary/aromatic N) is 2. The van der Waals surface area contributed by atoms with Gasteiger partial charge in [-0.3, -0.25) is 0 Å². The molecule has 0 bridgehead atoms. The van der Waals surface area contributed by atoms with Gasteiger partial charge in [0, 0.05) is 32.7 Å². The molecule has 0 fully saturated rings. The van der Waals surface area contributed by atoms with Crippen LogP contribution in [0, 0.1) is 5.92 Å². The summed E-state index contributed by atoms with van der Waals surface area (Å²) in [4.78, 5) is 4.71. The molecule has 0 amide bonds. The van der Waals surface area contributed by atoms with Crippen molar-refractivity contribution in [2.24, 2.45) is 5.92 Å². The van der Waals surface area contributed by atoms with E-state index in [0.29, 0.717) is 0 Å². The van der Waals surface area contributed by atoms with Crippen molar-refractivity contribution < 1.29 is 0 Å². The highest BCUT2D eigenvalue weighted by Crippen LogP contribution is 1.96. The van der Waals surface area contributed by atoms with Crippen LogP contribution in [0.2, 0.25) is 0 Å². The average Bonchev–Trinajstić information content (AvgIpc) is 2.14. The van der Waals surface area contributed by atoms with Crippen LogP contribution in [0.4, 0.5) is 0 Å². The number of nitrogens with one attached hydrogen (secondary N) is 1. The lowest BCUT2D eigenvalue weighted by molar-refractivity contribution is 0.255. The van der Waals surface area contributed by atoms with E-state index >= 15 is 0 Å². The highest BCUT2D eigenvalue weighted by Gasteiger charge is 2.03. The first kappa shape index (κ1) is 14.9. The Bertz CT molecular complexity index is 135. The van der Waals surface area contributed by atoms with Gasteiger partial charge in [-0.2, -0.15) is 0 Å². The second kappa shape index (κ2) is 9.13. The predicted molar refractivity (Wildman–Crippen MR) is 68.4 cm³/mol. The van der Waals surface area contributed by atoms with E-state index in [-0.39, 0.29) is 0 Å². The van der Waals surface area contributed by atoms with Crippen molar-refractivity contribution in [3.05, 3.63) is 0 Å². The van der Waals surface area contributed by atoms with E-state index in [1.165, 1.54) is 13.1 Å². The fourth-order valence-electron chi connectivity index (χ4n) is 1.56. The second-order valence-electron chi connectivity index (χ2n) is 4.84. The van der Waals surface area contributed by atoms with Crippen LogP contribution in [-0.4, -0.2) is 63.2 Å². The molecule has 0 rings (SSSR count). The summed E-state index contributed by atoms with van der Waals surface area (Å²) in [5.74, 6) is 0.770. The molecule has 0 radical (unpaired) electrons. The summed E-state index contributed by atoms with van der Waals surface area (Å²) >= 11 is 0. The maximum atomic E-state index is 3.47. The number of hydrogen-bond donors (Lipinski definition) is 1. The van der Waals surface area contributed by atoms with E-state index in [1.807, 2.05) is 0 Å². The molecule has 0 aromatic carbocycles. The lowest BCUT2D eigenvalue weighted by atomic mass is 10.2. The Hall–Kier alpha value is -0.120. The van der Waals surface area contributed by atoms with Gasteiger partial charge in [0.05, 0.1) is 0 Å². The van der Waals surface area contributed by atoms with Crippen molar-refractivity contribution in [2.75, 3.05) is 53.4 Å². The van der Waals surface area contributed by atoms with Gasteiger partial charge in [0.25, 0.3) is 0 Å².